The van der Waals surface area contributed by atoms with E-state index in [2.05, 4.69) is 11.4 Å². The number of hydrogen-bond acceptors (Lipinski definition) is 5. The number of ether oxygens (including phenoxy) is 3. The van der Waals surface area contributed by atoms with Gasteiger partial charge in [-0.25, -0.2) is 0 Å². The van der Waals surface area contributed by atoms with Crippen LogP contribution < -0.4 is 19.5 Å². The van der Waals surface area contributed by atoms with Gasteiger partial charge in [-0.05, 0) is 59.7 Å². The monoisotopic (exact) mass is 415 g/mol. The van der Waals surface area contributed by atoms with Gasteiger partial charge in [-0.1, -0.05) is 36.4 Å². The maximum atomic E-state index is 12.6. The molecule has 0 fully saturated rings. The van der Waals surface area contributed by atoms with Crippen molar-refractivity contribution in [3.05, 3.63) is 89.9 Å². The minimum absolute atomic E-state index is 0.218. The smallest absolute Gasteiger partial charge is 0.287 e. The van der Waals surface area contributed by atoms with Gasteiger partial charge in [0.05, 0.1) is 6.04 Å². The van der Waals surface area contributed by atoms with E-state index in [0.29, 0.717) is 17.3 Å². The highest BCUT2D eigenvalue weighted by atomic mass is 16.7. The standard InChI is InChI=1S/C25H21NO5/c1-16(18-7-10-22-24(13-18)30-15-29-22)26-25(27)23-11-9-21(31-23)14-28-20-8-6-17-4-2-3-5-19(17)12-20/h2-13,16H,14-15H2,1H3,(H,26,27). The zero-order valence-corrected chi connectivity index (χ0v) is 17.0. The number of carbonyl (C=O) groups is 1. The minimum atomic E-state index is -0.290. The molecule has 0 aliphatic carbocycles. The fourth-order valence-electron chi connectivity index (χ4n) is 3.52. The van der Waals surface area contributed by atoms with E-state index in [1.807, 2.05) is 61.5 Å². The van der Waals surface area contributed by atoms with Crippen LogP contribution in [0.3, 0.4) is 0 Å². The molecule has 1 atom stereocenters. The Labute approximate surface area is 179 Å². The molecule has 6 heteroatoms. The van der Waals surface area contributed by atoms with Crippen molar-refractivity contribution in [1.29, 1.82) is 0 Å². The lowest BCUT2D eigenvalue weighted by atomic mass is 10.1. The Bertz CT molecular complexity index is 1250. The second-order valence-corrected chi connectivity index (χ2v) is 7.37. The molecule has 1 aromatic heterocycles. The van der Waals surface area contributed by atoms with Crippen LogP contribution in [0.25, 0.3) is 10.8 Å². The molecule has 5 rings (SSSR count). The van der Waals surface area contributed by atoms with Crippen LogP contribution >= 0.6 is 0 Å². The van der Waals surface area contributed by atoms with Crippen molar-refractivity contribution in [1.82, 2.24) is 5.32 Å². The fourth-order valence-corrected chi connectivity index (χ4v) is 3.52. The molecule has 1 aliphatic heterocycles. The number of furan rings is 1. The van der Waals surface area contributed by atoms with Gasteiger partial charge >= 0.3 is 0 Å². The molecule has 2 heterocycles. The second-order valence-electron chi connectivity index (χ2n) is 7.37. The summed E-state index contributed by atoms with van der Waals surface area (Å²) >= 11 is 0. The summed E-state index contributed by atoms with van der Waals surface area (Å²) in [6, 6.07) is 22.8. The number of benzene rings is 3. The van der Waals surface area contributed by atoms with Gasteiger partial charge in [-0.15, -0.1) is 0 Å². The number of rotatable bonds is 6. The van der Waals surface area contributed by atoms with Gasteiger partial charge in [-0.3, -0.25) is 4.79 Å². The maximum Gasteiger partial charge on any atom is 0.287 e. The number of fused-ring (bicyclic) bond motifs is 2. The van der Waals surface area contributed by atoms with Gasteiger partial charge in [0.25, 0.3) is 5.91 Å². The zero-order valence-electron chi connectivity index (χ0n) is 17.0. The quantitative estimate of drug-likeness (QED) is 0.467. The van der Waals surface area contributed by atoms with Gasteiger partial charge in [0.1, 0.15) is 18.1 Å². The van der Waals surface area contributed by atoms with E-state index < -0.39 is 0 Å². The average molecular weight is 415 g/mol. The molecule has 31 heavy (non-hydrogen) atoms. The summed E-state index contributed by atoms with van der Waals surface area (Å²) in [6.45, 7) is 2.36. The van der Waals surface area contributed by atoms with Crippen molar-refractivity contribution in [2.24, 2.45) is 0 Å². The fraction of sp³-hybridized carbons (Fsp3) is 0.160. The summed E-state index contributed by atoms with van der Waals surface area (Å²) in [5.41, 5.74) is 0.920. The Morgan fingerprint density at radius 3 is 2.71 bits per heavy atom. The highest BCUT2D eigenvalue weighted by Crippen LogP contribution is 2.34. The van der Waals surface area contributed by atoms with E-state index >= 15 is 0 Å². The van der Waals surface area contributed by atoms with Crippen LogP contribution in [0.15, 0.2) is 77.2 Å². The van der Waals surface area contributed by atoms with Crippen molar-refractivity contribution in [3.63, 3.8) is 0 Å². The molecule has 0 bridgehead atoms. The predicted molar refractivity (Wildman–Crippen MR) is 115 cm³/mol. The molecular formula is C25H21NO5. The molecule has 0 saturated heterocycles. The highest BCUT2D eigenvalue weighted by Gasteiger charge is 2.19. The van der Waals surface area contributed by atoms with E-state index in [1.165, 1.54) is 0 Å². The topological polar surface area (TPSA) is 69.9 Å². The zero-order chi connectivity index (χ0) is 21.2. The highest BCUT2D eigenvalue weighted by molar-refractivity contribution is 5.91. The molecule has 1 unspecified atom stereocenters. The SMILES string of the molecule is CC(NC(=O)c1ccc(COc2ccc3ccccc3c2)o1)c1ccc2c(c1)OCO2. The van der Waals surface area contributed by atoms with Gasteiger partial charge in [-0.2, -0.15) is 0 Å². The van der Waals surface area contributed by atoms with Gasteiger partial charge in [0.2, 0.25) is 6.79 Å². The molecule has 1 amide bonds. The van der Waals surface area contributed by atoms with Crippen molar-refractivity contribution in [3.8, 4) is 17.2 Å². The second kappa shape index (κ2) is 8.07. The van der Waals surface area contributed by atoms with Crippen LogP contribution in [0, 0.1) is 0 Å². The normalized spacial score (nSPS) is 13.2. The summed E-state index contributed by atoms with van der Waals surface area (Å²) in [5, 5.41) is 5.21. The number of carbonyl (C=O) groups excluding carboxylic acids is 1. The largest absolute Gasteiger partial charge is 0.486 e. The van der Waals surface area contributed by atoms with Gasteiger partial charge in [0.15, 0.2) is 17.3 Å². The van der Waals surface area contributed by atoms with Crippen molar-refractivity contribution in [2.75, 3.05) is 6.79 Å². The lowest BCUT2D eigenvalue weighted by Gasteiger charge is -2.14. The first-order chi connectivity index (χ1) is 15.2. The molecule has 1 N–H and O–H groups in total. The number of hydrogen-bond donors (Lipinski definition) is 1. The van der Waals surface area contributed by atoms with E-state index in [1.54, 1.807) is 12.1 Å². The van der Waals surface area contributed by atoms with Crippen molar-refractivity contribution >= 4 is 16.7 Å². The summed E-state index contributed by atoms with van der Waals surface area (Å²) in [7, 11) is 0. The first-order valence-electron chi connectivity index (χ1n) is 10.1. The lowest BCUT2D eigenvalue weighted by molar-refractivity contribution is 0.0907. The lowest BCUT2D eigenvalue weighted by Crippen LogP contribution is -2.26. The van der Waals surface area contributed by atoms with Crippen LogP contribution in [0.5, 0.6) is 17.2 Å². The van der Waals surface area contributed by atoms with Crippen LogP contribution in [-0.2, 0) is 6.61 Å². The molecule has 156 valence electrons. The van der Waals surface area contributed by atoms with Crippen LogP contribution in [0.1, 0.15) is 34.8 Å². The molecule has 4 aromatic rings. The third kappa shape index (κ3) is 4.05. The minimum Gasteiger partial charge on any atom is -0.486 e. The Morgan fingerprint density at radius 2 is 1.81 bits per heavy atom. The first kappa shape index (κ1) is 19.1. The third-order valence-electron chi connectivity index (χ3n) is 5.23. The summed E-state index contributed by atoms with van der Waals surface area (Å²) in [6.07, 6.45) is 0. The van der Waals surface area contributed by atoms with Gasteiger partial charge in [0, 0.05) is 0 Å². The summed E-state index contributed by atoms with van der Waals surface area (Å²) in [5.74, 6) is 2.67. The van der Waals surface area contributed by atoms with Crippen LogP contribution in [0.2, 0.25) is 0 Å². The Hall–Kier alpha value is -3.93. The molecule has 3 aromatic carbocycles. The molecule has 0 saturated carbocycles. The predicted octanol–water partition coefficient (Wildman–Crippen LogP) is 5.23. The summed E-state index contributed by atoms with van der Waals surface area (Å²) < 4.78 is 22.2. The van der Waals surface area contributed by atoms with Gasteiger partial charge < -0.3 is 23.9 Å². The number of nitrogens with one attached hydrogen (secondary N) is 1. The summed E-state index contributed by atoms with van der Waals surface area (Å²) in [4.78, 5) is 12.6. The van der Waals surface area contributed by atoms with Crippen LogP contribution in [0.4, 0.5) is 0 Å². The van der Waals surface area contributed by atoms with Crippen LogP contribution in [-0.4, -0.2) is 12.7 Å². The molecule has 0 radical (unpaired) electrons. The van der Waals surface area contributed by atoms with E-state index in [9.17, 15) is 4.79 Å². The Balaban J connectivity index is 1.20. The Morgan fingerprint density at radius 1 is 0.968 bits per heavy atom. The molecule has 6 nitrogen and oxygen atoms in total. The van der Waals surface area contributed by atoms with E-state index in [4.69, 9.17) is 18.6 Å². The van der Waals surface area contributed by atoms with E-state index in [0.717, 1.165) is 22.1 Å². The Kier molecular flexibility index (Phi) is 4.96. The van der Waals surface area contributed by atoms with E-state index in [-0.39, 0.29) is 31.1 Å². The van der Waals surface area contributed by atoms with Crippen molar-refractivity contribution in [2.45, 2.75) is 19.6 Å². The van der Waals surface area contributed by atoms with Crippen molar-refractivity contribution < 1.29 is 23.4 Å². The molecular weight excluding hydrogens is 394 g/mol. The molecule has 0 spiro atoms. The third-order valence-corrected chi connectivity index (χ3v) is 5.23. The number of amides is 1. The average Bonchev–Trinajstić information content (AvgIpc) is 3.46. The first-order valence-corrected chi connectivity index (χ1v) is 10.1. The molecule has 1 aliphatic rings. The maximum absolute atomic E-state index is 12.6.